The highest BCUT2D eigenvalue weighted by Gasteiger charge is 2.35. The molecule has 0 atom stereocenters. The molecule has 1 heterocycles. The van der Waals surface area contributed by atoms with E-state index in [-0.39, 0.29) is 28.1 Å². The molecule has 7 nitrogen and oxygen atoms in total. The van der Waals surface area contributed by atoms with Crippen molar-refractivity contribution >= 4 is 57.3 Å². The van der Waals surface area contributed by atoms with Crippen molar-refractivity contribution in [2.45, 2.75) is 6.54 Å². The van der Waals surface area contributed by atoms with E-state index in [4.69, 9.17) is 4.74 Å². The lowest BCUT2D eigenvalue weighted by atomic mass is 10.1. The van der Waals surface area contributed by atoms with E-state index in [0.29, 0.717) is 5.56 Å². The van der Waals surface area contributed by atoms with Crippen LogP contribution >= 0.6 is 34.4 Å². The van der Waals surface area contributed by atoms with Crippen LogP contribution in [0.15, 0.2) is 47.4 Å². The lowest BCUT2D eigenvalue weighted by molar-refractivity contribution is -0.385. The number of rotatable bonds is 5. The molecule has 2 aromatic rings. The van der Waals surface area contributed by atoms with E-state index in [2.05, 4.69) is 22.6 Å². The zero-order valence-corrected chi connectivity index (χ0v) is 17.0. The first-order chi connectivity index (χ1) is 12.9. The van der Waals surface area contributed by atoms with Gasteiger partial charge in [0, 0.05) is 9.64 Å². The van der Waals surface area contributed by atoms with Gasteiger partial charge in [-0.2, -0.15) is 0 Å². The first-order valence-corrected chi connectivity index (χ1v) is 9.61. The lowest BCUT2D eigenvalue weighted by Crippen LogP contribution is -2.27. The molecular weight excluding hydrogens is 483 g/mol. The van der Waals surface area contributed by atoms with E-state index < -0.39 is 10.8 Å². The van der Waals surface area contributed by atoms with Crippen LogP contribution in [0.1, 0.15) is 11.1 Å². The minimum Gasteiger partial charge on any atom is -0.490 e. The maximum atomic E-state index is 12.6. The number of carbonyl (C=O) groups is 2. The predicted molar refractivity (Wildman–Crippen MR) is 110 cm³/mol. The third-order valence-electron chi connectivity index (χ3n) is 3.82. The van der Waals surface area contributed by atoms with E-state index in [9.17, 15) is 19.7 Å². The number of amides is 2. The highest BCUT2D eigenvalue weighted by molar-refractivity contribution is 14.1. The Hall–Kier alpha value is -2.40. The topological polar surface area (TPSA) is 89.8 Å². The summed E-state index contributed by atoms with van der Waals surface area (Å²) >= 11 is 3.00. The normalized spacial score (nSPS) is 15.5. The summed E-state index contributed by atoms with van der Waals surface area (Å²) in [5.41, 5.74) is 1.09. The summed E-state index contributed by atoms with van der Waals surface area (Å²) in [6, 6.07) is 11.9. The Morgan fingerprint density at radius 2 is 1.93 bits per heavy atom. The second-order valence-corrected chi connectivity index (χ2v) is 7.82. The number of halogens is 1. The zero-order chi connectivity index (χ0) is 19.6. The van der Waals surface area contributed by atoms with E-state index in [1.165, 1.54) is 25.3 Å². The Labute approximate surface area is 172 Å². The summed E-state index contributed by atoms with van der Waals surface area (Å²) in [4.78, 5) is 36.8. The van der Waals surface area contributed by atoms with Crippen molar-refractivity contribution < 1.29 is 19.2 Å². The number of methoxy groups -OCH3 is 1. The fourth-order valence-electron chi connectivity index (χ4n) is 2.50. The van der Waals surface area contributed by atoms with E-state index in [1.807, 2.05) is 24.3 Å². The second kappa shape index (κ2) is 8.09. The summed E-state index contributed by atoms with van der Waals surface area (Å²) in [6.45, 7) is 0.182. The molecule has 9 heteroatoms. The van der Waals surface area contributed by atoms with Gasteiger partial charge in [0.1, 0.15) is 0 Å². The van der Waals surface area contributed by atoms with Crippen LogP contribution in [0.3, 0.4) is 0 Å². The van der Waals surface area contributed by atoms with Crippen LogP contribution in [0.4, 0.5) is 10.5 Å². The van der Waals surface area contributed by atoms with Crippen LogP contribution in [-0.4, -0.2) is 28.1 Å². The summed E-state index contributed by atoms with van der Waals surface area (Å²) in [5, 5.41) is 10.8. The highest BCUT2D eigenvalue weighted by Crippen LogP contribution is 2.35. The van der Waals surface area contributed by atoms with Crippen LogP contribution in [0.2, 0.25) is 0 Å². The van der Waals surface area contributed by atoms with Gasteiger partial charge in [0.2, 0.25) is 0 Å². The lowest BCUT2D eigenvalue weighted by Gasteiger charge is -2.12. The average Bonchev–Trinajstić information content (AvgIpc) is 2.90. The fourth-order valence-corrected chi connectivity index (χ4v) is 3.70. The van der Waals surface area contributed by atoms with Gasteiger partial charge in [-0.25, -0.2) is 0 Å². The maximum Gasteiger partial charge on any atom is 0.311 e. The standard InChI is InChI=1S/C18H13IN2O5S/c1-26-15-7-4-12(8-14(15)21(24)25)9-16-17(22)20(18(23)27-16)10-11-2-5-13(19)6-3-11/h2-9H,10H2,1H3/b16-9+. The molecule has 1 aliphatic heterocycles. The van der Waals surface area contributed by atoms with Crippen LogP contribution in [0.25, 0.3) is 6.08 Å². The van der Waals surface area contributed by atoms with Crippen molar-refractivity contribution in [2.24, 2.45) is 0 Å². The predicted octanol–water partition coefficient (Wildman–Crippen LogP) is 4.44. The smallest absolute Gasteiger partial charge is 0.311 e. The number of nitro benzene ring substituents is 1. The van der Waals surface area contributed by atoms with E-state index >= 15 is 0 Å². The minimum atomic E-state index is -0.557. The first-order valence-electron chi connectivity index (χ1n) is 7.71. The minimum absolute atomic E-state index is 0.129. The van der Waals surface area contributed by atoms with Gasteiger partial charge in [-0.15, -0.1) is 0 Å². The third kappa shape index (κ3) is 4.30. The van der Waals surface area contributed by atoms with Crippen molar-refractivity contribution in [3.8, 4) is 5.75 Å². The maximum absolute atomic E-state index is 12.6. The van der Waals surface area contributed by atoms with E-state index in [1.54, 1.807) is 6.07 Å². The number of nitro groups is 1. The number of thioether (sulfide) groups is 1. The molecule has 1 saturated heterocycles. The number of imide groups is 1. The van der Waals surface area contributed by atoms with Gasteiger partial charge >= 0.3 is 5.69 Å². The zero-order valence-electron chi connectivity index (χ0n) is 14.0. The molecule has 2 aromatic carbocycles. The number of nitrogens with zero attached hydrogens (tertiary/aromatic N) is 2. The number of benzene rings is 2. The Morgan fingerprint density at radius 3 is 2.56 bits per heavy atom. The summed E-state index contributed by atoms with van der Waals surface area (Å²) in [6.07, 6.45) is 1.48. The van der Waals surface area contributed by atoms with Crippen LogP contribution in [0, 0.1) is 13.7 Å². The number of ether oxygens (including phenoxy) is 1. The molecule has 1 aliphatic rings. The van der Waals surface area contributed by atoms with Crippen molar-refractivity contribution in [1.82, 2.24) is 4.90 Å². The monoisotopic (exact) mass is 496 g/mol. The molecule has 0 saturated carbocycles. The summed E-state index contributed by atoms with van der Waals surface area (Å²) in [5.74, 6) is -0.286. The van der Waals surface area contributed by atoms with Gasteiger partial charge in [0.25, 0.3) is 11.1 Å². The Balaban J connectivity index is 1.84. The second-order valence-electron chi connectivity index (χ2n) is 5.58. The molecule has 0 spiro atoms. The van der Waals surface area contributed by atoms with Gasteiger partial charge < -0.3 is 4.74 Å². The Morgan fingerprint density at radius 1 is 1.22 bits per heavy atom. The van der Waals surface area contributed by atoms with Gasteiger partial charge in [-0.3, -0.25) is 24.6 Å². The van der Waals surface area contributed by atoms with Gasteiger partial charge in [0.05, 0.1) is 23.5 Å². The molecule has 0 N–H and O–H groups in total. The van der Waals surface area contributed by atoms with Gasteiger partial charge in [0.15, 0.2) is 5.75 Å². The largest absolute Gasteiger partial charge is 0.490 e. The van der Waals surface area contributed by atoms with Crippen LogP contribution in [0.5, 0.6) is 5.75 Å². The van der Waals surface area contributed by atoms with Crippen LogP contribution in [-0.2, 0) is 11.3 Å². The molecule has 27 heavy (non-hydrogen) atoms. The number of hydrogen-bond acceptors (Lipinski definition) is 6. The SMILES string of the molecule is COc1ccc(/C=C2/SC(=O)N(Cc3ccc(I)cc3)C2=O)cc1[N+](=O)[O-]. The van der Waals surface area contributed by atoms with Crippen molar-refractivity contribution in [1.29, 1.82) is 0 Å². The molecule has 1 fully saturated rings. The average molecular weight is 496 g/mol. The molecule has 0 aromatic heterocycles. The molecule has 3 rings (SSSR count). The molecule has 2 amide bonds. The Kier molecular flexibility index (Phi) is 5.80. The van der Waals surface area contributed by atoms with E-state index in [0.717, 1.165) is 25.8 Å². The van der Waals surface area contributed by atoms with Crippen molar-refractivity contribution in [3.63, 3.8) is 0 Å². The highest BCUT2D eigenvalue weighted by atomic mass is 127. The number of hydrogen-bond donors (Lipinski definition) is 0. The molecule has 0 bridgehead atoms. The number of carbonyl (C=O) groups excluding carboxylic acids is 2. The molecule has 0 unspecified atom stereocenters. The molecular formula is C18H13IN2O5S. The molecule has 138 valence electrons. The van der Waals surface area contributed by atoms with Crippen molar-refractivity contribution in [3.05, 3.63) is 72.2 Å². The summed E-state index contributed by atoms with van der Waals surface area (Å²) < 4.78 is 6.03. The van der Waals surface area contributed by atoms with Crippen molar-refractivity contribution in [2.75, 3.05) is 7.11 Å². The first kappa shape index (κ1) is 19.4. The fraction of sp³-hybridized carbons (Fsp3) is 0.111. The van der Waals surface area contributed by atoms with Gasteiger partial charge in [-0.05, 0) is 69.8 Å². The van der Waals surface area contributed by atoms with Crippen LogP contribution < -0.4 is 4.74 Å². The third-order valence-corrected chi connectivity index (χ3v) is 5.45. The summed E-state index contributed by atoms with van der Waals surface area (Å²) in [7, 11) is 1.35. The molecule has 0 aliphatic carbocycles. The Bertz CT molecular complexity index is 959. The van der Waals surface area contributed by atoms with Gasteiger partial charge in [-0.1, -0.05) is 18.2 Å². The quantitative estimate of drug-likeness (QED) is 0.263. The molecule has 0 radical (unpaired) electrons.